The van der Waals surface area contributed by atoms with Crippen LogP contribution >= 0.6 is 0 Å². The van der Waals surface area contributed by atoms with Gasteiger partial charge in [-0.1, -0.05) is 11.5 Å². The van der Waals surface area contributed by atoms with Crippen LogP contribution in [0.2, 0.25) is 0 Å². The van der Waals surface area contributed by atoms with Gasteiger partial charge in [0.1, 0.15) is 5.69 Å². The van der Waals surface area contributed by atoms with E-state index in [4.69, 9.17) is 5.21 Å². The van der Waals surface area contributed by atoms with Crippen LogP contribution in [0.5, 0.6) is 0 Å². The number of carbonyl (C=O) groups excluding carboxylic acids is 1. The molecule has 0 aliphatic heterocycles. The molecule has 0 aromatic carbocycles. The van der Waals surface area contributed by atoms with Gasteiger partial charge in [0, 0.05) is 6.20 Å². The number of pyridine rings is 1. The zero-order chi connectivity index (χ0) is 7.40. The smallest absolute Gasteiger partial charge is 0.264 e. The summed E-state index contributed by atoms with van der Waals surface area (Å²) in [5, 5.41) is 8.02. The first-order valence-corrected chi connectivity index (χ1v) is 2.65. The molecule has 0 saturated heterocycles. The fourth-order valence-electron chi connectivity index (χ4n) is 0.540. The van der Waals surface area contributed by atoms with Gasteiger partial charge in [-0.2, -0.15) is 0 Å². The number of hydrogen-bond donors (Lipinski definition) is 1. The third-order valence-corrected chi connectivity index (χ3v) is 0.975. The van der Waals surface area contributed by atoms with Crippen LogP contribution < -0.4 is 5.48 Å². The van der Waals surface area contributed by atoms with E-state index in [1.165, 1.54) is 12.3 Å². The van der Waals surface area contributed by atoms with Crippen molar-refractivity contribution in [1.82, 2.24) is 10.5 Å². The van der Waals surface area contributed by atoms with Crippen molar-refractivity contribution in [3.63, 3.8) is 0 Å². The summed E-state index contributed by atoms with van der Waals surface area (Å²) in [7, 11) is 0. The van der Waals surface area contributed by atoms with Crippen LogP contribution in [0.15, 0.2) is 24.4 Å². The quantitative estimate of drug-likeness (QED) is 0.444. The standard InChI is InChI=1S/C6H5N2O2/c9-6(8-10)5-3-1-2-4-7-5/h1-4,10H. The molecule has 0 aliphatic rings. The van der Waals surface area contributed by atoms with Crippen LogP contribution in [0, 0.1) is 0 Å². The van der Waals surface area contributed by atoms with E-state index in [0.717, 1.165) is 0 Å². The summed E-state index contributed by atoms with van der Waals surface area (Å²) in [6, 6.07) is 4.79. The molecule has 0 atom stereocenters. The second-order valence-corrected chi connectivity index (χ2v) is 1.62. The van der Waals surface area contributed by atoms with E-state index in [9.17, 15) is 4.79 Å². The molecular formula is C6H5N2O2. The van der Waals surface area contributed by atoms with Crippen molar-refractivity contribution in [1.29, 1.82) is 0 Å². The molecule has 1 radical (unpaired) electrons. The zero-order valence-corrected chi connectivity index (χ0v) is 5.06. The van der Waals surface area contributed by atoms with E-state index in [2.05, 4.69) is 10.5 Å². The maximum atomic E-state index is 10.5. The second kappa shape index (κ2) is 2.93. The zero-order valence-electron chi connectivity index (χ0n) is 5.06. The van der Waals surface area contributed by atoms with Gasteiger partial charge < -0.3 is 0 Å². The predicted octanol–water partition coefficient (Wildman–Crippen LogP) is 0.215. The van der Waals surface area contributed by atoms with Crippen LogP contribution in [0.25, 0.3) is 0 Å². The van der Waals surface area contributed by atoms with Crippen molar-refractivity contribution >= 4 is 5.91 Å². The number of hydrogen-bond acceptors (Lipinski definition) is 3. The Morgan fingerprint density at radius 1 is 1.60 bits per heavy atom. The molecule has 10 heavy (non-hydrogen) atoms. The van der Waals surface area contributed by atoms with Gasteiger partial charge in [-0.15, -0.1) is 0 Å². The number of carbonyl (C=O) groups is 1. The Bertz CT molecular complexity index is 222. The lowest BCUT2D eigenvalue weighted by molar-refractivity contribution is 0.0676. The van der Waals surface area contributed by atoms with Gasteiger partial charge in [-0.3, -0.25) is 15.0 Å². The number of amides is 1. The molecule has 51 valence electrons. The number of hydroxylamine groups is 1. The summed E-state index contributed by atoms with van der Waals surface area (Å²) in [5.74, 6) is -0.722. The van der Waals surface area contributed by atoms with E-state index in [1.807, 2.05) is 0 Å². The minimum atomic E-state index is -0.722. The minimum Gasteiger partial charge on any atom is -0.264 e. The molecule has 0 fully saturated rings. The van der Waals surface area contributed by atoms with E-state index >= 15 is 0 Å². The Labute approximate surface area is 57.5 Å². The fraction of sp³-hybridized carbons (Fsp3) is 0. The molecule has 1 aromatic heterocycles. The Morgan fingerprint density at radius 2 is 2.40 bits per heavy atom. The molecule has 0 bridgehead atoms. The lowest BCUT2D eigenvalue weighted by atomic mass is 10.3. The molecule has 1 rings (SSSR count). The average Bonchev–Trinajstić information content (AvgIpc) is 2.05. The summed E-state index contributed by atoms with van der Waals surface area (Å²) in [4.78, 5) is 14.2. The minimum absolute atomic E-state index is 0.144. The van der Waals surface area contributed by atoms with Crippen LogP contribution in [0.4, 0.5) is 0 Å². The van der Waals surface area contributed by atoms with Gasteiger partial charge in [0.2, 0.25) is 0 Å². The maximum absolute atomic E-state index is 10.5. The number of aromatic nitrogens is 1. The van der Waals surface area contributed by atoms with E-state index < -0.39 is 5.91 Å². The predicted molar refractivity (Wildman–Crippen MR) is 32.5 cm³/mol. The third-order valence-electron chi connectivity index (χ3n) is 0.975. The molecular weight excluding hydrogens is 132 g/mol. The SMILES string of the molecule is O=C([N]O)c1ccccn1. The Hall–Kier alpha value is -1.42. The first-order chi connectivity index (χ1) is 4.84. The van der Waals surface area contributed by atoms with E-state index in [-0.39, 0.29) is 5.69 Å². The van der Waals surface area contributed by atoms with Gasteiger partial charge in [-0.05, 0) is 12.1 Å². The van der Waals surface area contributed by atoms with Crippen LogP contribution in [0.3, 0.4) is 0 Å². The highest BCUT2D eigenvalue weighted by molar-refractivity contribution is 5.90. The summed E-state index contributed by atoms with van der Waals surface area (Å²) >= 11 is 0. The van der Waals surface area contributed by atoms with Gasteiger partial charge in [0.05, 0.1) is 0 Å². The van der Waals surface area contributed by atoms with Gasteiger partial charge in [-0.25, -0.2) is 0 Å². The molecule has 4 nitrogen and oxygen atoms in total. The molecule has 1 amide bonds. The molecule has 0 aliphatic carbocycles. The average molecular weight is 137 g/mol. The summed E-state index contributed by atoms with van der Waals surface area (Å²) < 4.78 is 0. The third kappa shape index (κ3) is 1.29. The molecule has 1 aromatic rings. The van der Waals surface area contributed by atoms with Crippen LogP contribution in [-0.2, 0) is 0 Å². The molecule has 1 heterocycles. The summed E-state index contributed by atoms with van der Waals surface area (Å²) in [6.45, 7) is 0. The largest absolute Gasteiger partial charge is 0.317 e. The molecule has 0 spiro atoms. The van der Waals surface area contributed by atoms with E-state index in [0.29, 0.717) is 0 Å². The normalized spacial score (nSPS) is 8.90. The lowest BCUT2D eigenvalue weighted by Gasteiger charge is -1.90. The van der Waals surface area contributed by atoms with Crippen molar-refractivity contribution in [3.8, 4) is 0 Å². The van der Waals surface area contributed by atoms with Gasteiger partial charge in [0.25, 0.3) is 0 Å². The monoisotopic (exact) mass is 137 g/mol. The van der Waals surface area contributed by atoms with E-state index in [1.54, 1.807) is 12.1 Å². The number of rotatable bonds is 1. The molecule has 1 N–H and O–H groups in total. The molecule has 0 unspecified atom stereocenters. The van der Waals surface area contributed by atoms with Crippen molar-refractivity contribution in [2.24, 2.45) is 0 Å². The lowest BCUT2D eigenvalue weighted by Crippen LogP contribution is -2.12. The Balaban J connectivity index is 2.85. The maximum Gasteiger partial charge on any atom is 0.317 e. The van der Waals surface area contributed by atoms with Gasteiger partial charge in [0.15, 0.2) is 0 Å². The molecule has 4 heteroatoms. The fourth-order valence-corrected chi connectivity index (χ4v) is 0.540. The Morgan fingerprint density at radius 3 is 2.90 bits per heavy atom. The Kier molecular flexibility index (Phi) is 1.96. The first kappa shape index (κ1) is 6.70. The highest BCUT2D eigenvalue weighted by Gasteiger charge is 2.03. The van der Waals surface area contributed by atoms with Crippen molar-refractivity contribution in [2.75, 3.05) is 0 Å². The van der Waals surface area contributed by atoms with Crippen molar-refractivity contribution in [3.05, 3.63) is 30.1 Å². The van der Waals surface area contributed by atoms with Crippen LogP contribution in [-0.4, -0.2) is 16.1 Å². The highest BCUT2D eigenvalue weighted by Crippen LogP contribution is 1.91. The van der Waals surface area contributed by atoms with Crippen LogP contribution in [0.1, 0.15) is 10.5 Å². The summed E-state index contributed by atoms with van der Waals surface area (Å²) in [5.41, 5.74) is 2.60. The van der Waals surface area contributed by atoms with Crippen molar-refractivity contribution in [2.45, 2.75) is 0 Å². The second-order valence-electron chi connectivity index (χ2n) is 1.62. The number of nitrogens with zero attached hydrogens (tertiary/aromatic N) is 2. The highest BCUT2D eigenvalue weighted by atomic mass is 16.5. The van der Waals surface area contributed by atoms with Crippen molar-refractivity contribution < 1.29 is 10.0 Å². The molecule has 0 saturated carbocycles. The topological polar surface area (TPSA) is 64.3 Å². The first-order valence-electron chi connectivity index (χ1n) is 2.65. The van der Waals surface area contributed by atoms with Gasteiger partial charge >= 0.3 is 5.91 Å². The summed E-state index contributed by atoms with van der Waals surface area (Å²) in [6.07, 6.45) is 1.46.